The first-order valence-corrected chi connectivity index (χ1v) is 36.9. The Morgan fingerprint density at radius 3 is 1.61 bits per heavy atom. The largest absolute Gasteiger partial charge is 0.463 e. The zero-order chi connectivity index (χ0) is 72.3. The van der Waals surface area contributed by atoms with Gasteiger partial charge in [-0.2, -0.15) is 4.89 Å². The molecule has 103 heavy (non-hydrogen) atoms. The SMILES string of the molecule is C=CC(=O)OCCCCCOC1C=CC(OC(=O)C2CCC(OC(=O)C3C=CC(C(=O)OC4C=C(C5NC6CC(OOCCOC)=CCC6NC5c5cccc(OC(=O)c6ccc(C(=O)OC7CCC(C(=O)OC8C=CC(OCCCCOC(=O)C=C)CC8)CC7)cc6)c5)C=CC4)CC3)CC2)CC1. The topological polar surface area (TPSA) is 281 Å². The predicted octanol–water partition coefficient (Wildman–Crippen LogP) is 11.4. The van der Waals surface area contributed by atoms with Crippen molar-refractivity contribution < 1.29 is 100 Å². The monoisotopic (exact) mass is 1420 g/mol. The van der Waals surface area contributed by atoms with Crippen molar-refractivity contribution in [3.05, 3.63) is 163 Å². The van der Waals surface area contributed by atoms with Crippen molar-refractivity contribution in [2.24, 2.45) is 23.7 Å². The summed E-state index contributed by atoms with van der Waals surface area (Å²) in [4.78, 5) is 114. The van der Waals surface area contributed by atoms with Gasteiger partial charge in [0.05, 0.1) is 78.9 Å². The lowest BCUT2D eigenvalue weighted by molar-refractivity contribution is -0.270. The van der Waals surface area contributed by atoms with Gasteiger partial charge in [-0.25, -0.2) is 19.2 Å². The lowest BCUT2D eigenvalue weighted by Crippen LogP contribution is -2.63. The van der Waals surface area contributed by atoms with E-state index in [1.54, 1.807) is 25.3 Å². The average Bonchev–Trinajstić information content (AvgIpc) is 0.774. The molecule has 2 saturated carbocycles. The van der Waals surface area contributed by atoms with Gasteiger partial charge < -0.3 is 67.6 Å². The van der Waals surface area contributed by atoms with Crippen LogP contribution in [-0.4, -0.2) is 155 Å². The van der Waals surface area contributed by atoms with Gasteiger partial charge in [-0.3, -0.25) is 19.2 Å². The number of hydrogen-bond donors (Lipinski definition) is 2. The van der Waals surface area contributed by atoms with Crippen LogP contribution in [-0.2, 0) is 85.9 Å². The summed E-state index contributed by atoms with van der Waals surface area (Å²) in [5.74, 6) is -3.85. The smallest absolute Gasteiger partial charge is 0.343 e. The Balaban J connectivity index is 0.666. The lowest BCUT2D eigenvalue weighted by Gasteiger charge is -2.46. The lowest BCUT2D eigenvalue weighted by atomic mass is 9.82. The fraction of sp³-hybridized carbons (Fsp3) is 0.550. The molecule has 1 saturated heterocycles. The van der Waals surface area contributed by atoms with Gasteiger partial charge in [0.15, 0.2) is 0 Å². The third-order valence-corrected chi connectivity index (χ3v) is 20.1. The molecule has 3 fully saturated rings. The Morgan fingerprint density at radius 2 is 1.03 bits per heavy atom. The first kappa shape index (κ1) is 77.3. The molecule has 23 heteroatoms. The van der Waals surface area contributed by atoms with Crippen LogP contribution in [0.5, 0.6) is 5.75 Å². The standard InChI is InChI=1S/C80H100N2O21/c1-4-71(83)94-45-8-6-7-43-92-60-33-37-64(38-34-60)99-77(87)56-25-29-62(30-26-56)98-76(86)53-19-23-55(24-20-53)80(90)102-67-16-12-14-59(50-67)74-73(81-69-42-41-68(51-70(69)82-74)103-96-48-47-91-3)58-13-11-15-66(49-58)101-79(89)54-21-17-52(18-22-54)75(85)97-63-31-27-57(28-32-63)78(88)100-65-39-35-61(36-40-65)93-44-9-10-46-95-72(84)5-2/h4-5,11-15,17-19,21-23,33,35,37,39,41,49-50,53,55-57,60-65,67,69-70,73-74,81-82H,1-2,6-10,16,20,24-32,34,36,38,40,42-48,51H2,3H3. The summed E-state index contributed by atoms with van der Waals surface area (Å²) in [6.07, 6.45) is 33.0. The highest BCUT2D eigenvalue weighted by Gasteiger charge is 2.42. The number of rotatable bonds is 34. The molecule has 2 aromatic rings. The van der Waals surface area contributed by atoms with Gasteiger partial charge in [0.1, 0.15) is 48.6 Å². The number of hydrogen-bond acceptors (Lipinski definition) is 23. The molecule has 1 aliphatic heterocycles. The molecule has 7 aliphatic carbocycles. The number of esters is 8. The van der Waals surface area contributed by atoms with Crippen LogP contribution in [0.3, 0.4) is 0 Å². The molecule has 10 rings (SSSR count). The van der Waals surface area contributed by atoms with Crippen molar-refractivity contribution >= 4 is 47.8 Å². The van der Waals surface area contributed by atoms with Crippen LogP contribution in [0.15, 0.2) is 146 Å². The van der Waals surface area contributed by atoms with Crippen molar-refractivity contribution in [2.45, 2.75) is 208 Å². The minimum atomic E-state index is -0.621. The Morgan fingerprint density at radius 1 is 0.495 bits per heavy atom. The molecule has 8 aliphatic rings. The average molecular weight is 1430 g/mol. The van der Waals surface area contributed by atoms with Crippen molar-refractivity contribution in [1.82, 2.24) is 10.6 Å². The Bertz CT molecular complexity index is 3410. The van der Waals surface area contributed by atoms with Crippen LogP contribution < -0.4 is 15.4 Å². The molecule has 0 bridgehead atoms. The molecule has 0 aromatic heterocycles. The number of nitrogens with one attached hydrogen (secondary N) is 2. The van der Waals surface area contributed by atoms with Crippen LogP contribution in [0.2, 0.25) is 0 Å². The van der Waals surface area contributed by atoms with Gasteiger partial charge in [-0.1, -0.05) is 61.7 Å². The van der Waals surface area contributed by atoms with E-state index in [9.17, 15) is 38.4 Å². The number of methoxy groups -OCH3 is 1. The first-order valence-electron chi connectivity index (χ1n) is 36.9. The highest BCUT2D eigenvalue weighted by atomic mass is 17.2. The van der Waals surface area contributed by atoms with E-state index in [4.69, 9.17) is 61.9 Å². The summed E-state index contributed by atoms with van der Waals surface area (Å²) in [5.41, 5.74) is 2.22. The summed E-state index contributed by atoms with van der Waals surface area (Å²) in [6, 6.07) is 12.6. The maximum Gasteiger partial charge on any atom is 0.343 e. The second kappa shape index (κ2) is 40.1. The van der Waals surface area contributed by atoms with Crippen LogP contribution in [0.1, 0.15) is 174 Å². The number of benzene rings is 2. The Hall–Kier alpha value is -8.32. The van der Waals surface area contributed by atoms with Gasteiger partial charge >= 0.3 is 47.8 Å². The number of fused-ring (bicyclic) bond motifs is 1. The van der Waals surface area contributed by atoms with E-state index < -0.39 is 41.8 Å². The molecule has 1 heterocycles. The molecule has 23 nitrogen and oxygen atoms in total. The van der Waals surface area contributed by atoms with Crippen molar-refractivity contribution in [1.29, 1.82) is 0 Å². The van der Waals surface area contributed by atoms with Crippen LogP contribution in [0.25, 0.3) is 0 Å². The number of unbranched alkanes of at least 4 members (excludes halogenated alkanes) is 3. The molecular weight excluding hydrogens is 1320 g/mol. The minimum Gasteiger partial charge on any atom is -0.463 e. The molecular formula is C80H100N2O21. The fourth-order valence-electron chi connectivity index (χ4n) is 14.2. The quantitative estimate of drug-likeness (QED) is 0.00962. The normalized spacial score (nSPS) is 28.0. The molecule has 0 spiro atoms. The highest BCUT2D eigenvalue weighted by Crippen LogP contribution is 2.38. The van der Waals surface area contributed by atoms with Crippen molar-refractivity contribution in [3.8, 4) is 5.75 Å². The van der Waals surface area contributed by atoms with Gasteiger partial charge in [0.25, 0.3) is 0 Å². The molecule has 2 aromatic carbocycles. The third kappa shape index (κ3) is 23.9. The van der Waals surface area contributed by atoms with Crippen molar-refractivity contribution in [2.75, 3.05) is 46.8 Å². The number of carbonyl (C=O) groups excluding carboxylic acids is 8. The van der Waals surface area contributed by atoms with Crippen molar-refractivity contribution in [3.63, 3.8) is 0 Å². The molecule has 11 unspecified atom stereocenters. The molecule has 0 amide bonds. The number of ether oxygens (including phenoxy) is 11. The summed E-state index contributed by atoms with van der Waals surface area (Å²) in [5, 5.41) is 7.77. The van der Waals surface area contributed by atoms with E-state index >= 15 is 0 Å². The van der Waals surface area contributed by atoms with Crippen LogP contribution in [0.4, 0.5) is 0 Å². The Kier molecular flexibility index (Phi) is 30.1. The second-order valence-electron chi connectivity index (χ2n) is 27.5. The molecule has 556 valence electrons. The van der Waals surface area contributed by atoms with Crippen LogP contribution >= 0.6 is 0 Å². The van der Waals surface area contributed by atoms with E-state index in [2.05, 4.69) is 23.8 Å². The minimum absolute atomic E-state index is 0.0257. The highest BCUT2D eigenvalue weighted by molar-refractivity contribution is 5.94. The number of carbonyl (C=O) groups is 8. The molecule has 2 N–H and O–H groups in total. The van der Waals surface area contributed by atoms with Crippen LogP contribution in [0, 0.1) is 23.7 Å². The van der Waals surface area contributed by atoms with E-state index in [-0.39, 0.29) is 114 Å². The van der Waals surface area contributed by atoms with Gasteiger partial charge in [-0.15, -0.1) is 0 Å². The summed E-state index contributed by atoms with van der Waals surface area (Å²) < 4.78 is 62.8. The molecule has 0 radical (unpaired) electrons. The predicted molar refractivity (Wildman–Crippen MR) is 376 cm³/mol. The van der Waals surface area contributed by atoms with E-state index in [1.165, 1.54) is 24.3 Å². The first-order chi connectivity index (χ1) is 50.2. The molecule has 11 atom stereocenters. The van der Waals surface area contributed by atoms with E-state index in [0.29, 0.717) is 147 Å². The zero-order valence-electron chi connectivity index (χ0n) is 59.0. The summed E-state index contributed by atoms with van der Waals surface area (Å²) >= 11 is 0. The van der Waals surface area contributed by atoms with Gasteiger partial charge in [0, 0.05) is 57.4 Å². The fourth-order valence-corrected chi connectivity index (χ4v) is 14.2. The van der Waals surface area contributed by atoms with Gasteiger partial charge in [0.2, 0.25) is 0 Å². The summed E-state index contributed by atoms with van der Waals surface area (Å²) in [6.45, 7) is 9.23. The third-order valence-electron chi connectivity index (χ3n) is 20.1. The maximum absolute atomic E-state index is 13.9. The van der Waals surface area contributed by atoms with E-state index in [1.807, 2.05) is 66.8 Å². The Labute approximate surface area is 603 Å². The summed E-state index contributed by atoms with van der Waals surface area (Å²) in [7, 11) is 1.59. The second-order valence-corrected chi connectivity index (χ2v) is 27.5. The number of piperazine rings is 1. The zero-order valence-corrected chi connectivity index (χ0v) is 59.0. The maximum atomic E-state index is 13.9. The van der Waals surface area contributed by atoms with Gasteiger partial charge in [-0.05, 0) is 200 Å². The van der Waals surface area contributed by atoms with E-state index in [0.717, 1.165) is 61.8 Å².